The highest BCUT2D eigenvalue weighted by molar-refractivity contribution is 7.27. The van der Waals surface area contributed by atoms with E-state index in [-0.39, 0.29) is 0 Å². The Balaban J connectivity index is 0.932. The fourth-order valence-corrected chi connectivity index (χ4v) is 11.3. The van der Waals surface area contributed by atoms with Crippen LogP contribution in [0.2, 0.25) is 0 Å². The molecule has 0 nitrogen and oxygen atoms in total. The number of hydrogen-bond acceptors (Lipinski definition) is 3. The van der Waals surface area contributed by atoms with Crippen LogP contribution < -0.4 is 0 Å². The predicted octanol–water partition coefficient (Wildman–Crippen LogP) is 15.5. The smallest absolute Gasteiger partial charge is 0.0433 e. The highest BCUT2D eigenvalue weighted by Gasteiger charge is 2.13. The molecule has 0 unspecified atom stereocenters. The van der Waals surface area contributed by atoms with E-state index in [0.717, 1.165) is 0 Å². The molecule has 0 fully saturated rings. The summed E-state index contributed by atoms with van der Waals surface area (Å²) in [5, 5.41) is 8.00. The molecule has 0 atom stereocenters. The predicted molar refractivity (Wildman–Crippen MR) is 227 cm³/mol. The van der Waals surface area contributed by atoms with Crippen LogP contribution in [0, 0.1) is 0 Å². The lowest BCUT2D eigenvalue weighted by Gasteiger charge is -2.08. The highest BCUT2D eigenvalue weighted by Crippen LogP contribution is 2.43. The van der Waals surface area contributed by atoms with E-state index in [4.69, 9.17) is 0 Å². The van der Waals surface area contributed by atoms with Crippen LogP contribution in [0.5, 0.6) is 0 Å². The molecule has 11 rings (SSSR count). The molecule has 0 radical (unpaired) electrons. The quantitative estimate of drug-likeness (QED) is 0.171. The lowest BCUT2D eigenvalue weighted by molar-refractivity contribution is 1.63. The van der Waals surface area contributed by atoms with Crippen molar-refractivity contribution in [2.24, 2.45) is 0 Å². The zero-order valence-corrected chi connectivity index (χ0v) is 29.8. The third-order valence-corrected chi connectivity index (χ3v) is 13.9. The van der Waals surface area contributed by atoms with Crippen LogP contribution in [0.3, 0.4) is 0 Å². The molecule has 0 N–H and O–H groups in total. The first-order valence-corrected chi connectivity index (χ1v) is 19.7. The average Bonchev–Trinajstić information content (AvgIpc) is 3.89. The van der Waals surface area contributed by atoms with Gasteiger partial charge in [0.1, 0.15) is 0 Å². The van der Waals surface area contributed by atoms with E-state index in [9.17, 15) is 0 Å². The Morgan fingerprint density at radius 2 is 0.608 bits per heavy atom. The zero-order valence-electron chi connectivity index (χ0n) is 27.4. The molecular formula is C48H28S3. The van der Waals surface area contributed by atoms with Gasteiger partial charge in [0.15, 0.2) is 0 Å². The van der Waals surface area contributed by atoms with Crippen LogP contribution in [-0.4, -0.2) is 0 Å². The Bertz CT molecular complexity index is 2900. The van der Waals surface area contributed by atoms with Gasteiger partial charge in [-0.2, -0.15) is 0 Å². The van der Waals surface area contributed by atoms with Gasteiger partial charge in [-0.3, -0.25) is 0 Å². The standard InChI is InChI=1S/C48H28S3/c1-3-13-43-37(7-1)39-11-5-9-35(47(39)50-43)31-19-15-29(16-20-31)33-23-25-45-41(27-33)42-28-34(24-26-46(42)49-45)30-17-21-32(22-18-30)36-10-6-12-40-38-8-2-4-14-44(38)51-48(36)40/h1-28H. The van der Waals surface area contributed by atoms with E-state index in [2.05, 4.69) is 170 Å². The summed E-state index contributed by atoms with van der Waals surface area (Å²) >= 11 is 5.65. The van der Waals surface area contributed by atoms with Crippen molar-refractivity contribution in [1.29, 1.82) is 0 Å². The summed E-state index contributed by atoms with van der Waals surface area (Å²) in [6, 6.07) is 63.0. The van der Waals surface area contributed by atoms with Crippen molar-refractivity contribution < 1.29 is 0 Å². The van der Waals surface area contributed by atoms with Crippen LogP contribution in [-0.2, 0) is 0 Å². The lowest BCUT2D eigenvalue weighted by Crippen LogP contribution is -1.82. The molecular weight excluding hydrogens is 673 g/mol. The molecule has 238 valence electrons. The molecule has 3 heterocycles. The zero-order chi connectivity index (χ0) is 33.5. The van der Waals surface area contributed by atoms with Gasteiger partial charge in [-0.25, -0.2) is 0 Å². The fraction of sp³-hybridized carbons (Fsp3) is 0. The molecule has 0 spiro atoms. The maximum atomic E-state index is 2.38. The van der Waals surface area contributed by atoms with Crippen molar-refractivity contribution in [2.45, 2.75) is 0 Å². The number of fused-ring (bicyclic) bond motifs is 9. The first-order valence-electron chi connectivity index (χ1n) is 17.2. The van der Waals surface area contributed by atoms with E-state index in [1.807, 2.05) is 34.0 Å². The lowest BCUT2D eigenvalue weighted by atomic mass is 9.97. The van der Waals surface area contributed by atoms with Gasteiger partial charge in [0.2, 0.25) is 0 Å². The largest absolute Gasteiger partial charge is 0.135 e. The van der Waals surface area contributed by atoms with Gasteiger partial charge >= 0.3 is 0 Å². The highest BCUT2D eigenvalue weighted by atomic mass is 32.1. The van der Waals surface area contributed by atoms with Gasteiger partial charge in [-0.05, 0) is 80.9 Å². The maximum Gasteiger partial charge on any atom is 0.0433 e. The van der Waals surface area contributed by atoms with Crippen molar-refractivity contribution in [1.82, 2.24) is 0 Å². The van der Waals surface area contributed by atoms with Crippen LogP contribution in [0.25, 0.3) is 105 Å². The van der Waals surface area contributed by atoms with Crippen LogP contribution in [0.1, 0.15) is 0 Å². The second-order valence-electron chi connectivity index (χ2n) is 13.2. The second-order valence-corrected chi connectivity index (χ2v) is 16.4. The van der Waals surface area contributed by atoms with Crippen LogP contribution in [0.4, 0.5) is 0 Å². The molecule has 51 heavy (non-hydrogen) atoms. The van der Waals surface area contributed by atoms with Gasteiger partial charge in [0.05, 0.1) is 0 Å². The van der Waals surface area contributed by atoms with E-state index < -0.39 is 0 Å². The normalized spacial score (nSPS) is 11.9. The van der Waals surface area contributed by atoms with Crippen LogP contribution in [0.15, 0.2) is 170 Å². The van der Waals surface area contributed by atoms with Crippen molar-refractivity contribution in [2.75, 3.05) is 0 Å². The minimum absolute atomic E-state index is 1.24. The third-order valence-electron chi connectivity index (χ3n) is 10.3. The summed E-state index contributed by atoms with van der Waals surface area (Å²) in [6.45, 7) is 0. The first-order chi connectivity index (χ1) is 25.2. The number of rotatable bonds is 4. The molecule has 0 aliphatic heterocycles. The van der Waals surface area contributed by atoms with Crippen molar-refractivity contribution in [3.8, 4) is 44.5 Å². The Kier molecular flexibility index (Phi) is 6.57. The van der Waals surface area contributed by atoms with E-state index in [1.54, 1.807) is 0 Å². The van der Waals surface area contributed by atoms with Gasteiger partial charge < -0.3 is 0 Å². The Morgan fingerprint density at radius 1 is 0.235 bits per heavy atom. The number of thiophene rings is 3. The molecule has 8 aromatic carbocycles. The maximum absolute atomic E-state index is 2.38. The fourth-order valence-electron chi connectivity index (χ4n) is 7.77. The molecule has 11 aromatic rings. The molecule has 3 heteroatoms. The first kappa shape index (κ1) is 29.2. The van der Waals surface area contributed by atoms with Crippen LogP contribution >= 0.6 is 34.0 Å². The molecule has 0 saturated carbocycles. The van der Waals surface area contributed by atoms with E-state index in [1.165, 1.54) is 105 Å². The van der Waals surface area contributed by atoms with Gasteiger partial charge in [0, 0.05) is 60.5 Å². The Labute approximate surface area is 307 Å². The van der Waals surface area contributed by atoms with Crippen molar-refractivity contribution in [3.63, 3.8) is 0 Å². The summed E-state index contributed by atoms with van der Waals surface area (Å²) in [4.78, 5) is 0. The third kappa shape index (κ3) is 4.70. The van der Waals surface area contributed by atoms with E-state index in [0.29, 0.717) is 0 Å². The SMILES string of the molecule is c1ccc2c(c1)sc1c(-c3ccc(-c4ccc5sc6ccc(-c7ccc(-c8cccc9c8sc8ccccc89)cc7)cc6c5c4)cc3)cccc12. The molecule has 0 aliphatic carbocycles. The Morgan fingerprint density at radius 3 is 1.08 bits per heavy atom. The summed E-state index contributed by atoms with van der Waals surface area (Å²) < 4.78 is 8.05. The van der Waals surface area contributed by atoms with Gasteiger partial charge in [-0.15, -0.1) is 34.0 Å². The van der Waals surface area contributed by atoms with Crippen molar-refractivity contribution in [3.05, 3.63) is 170 Å². The monoisotopic (exact) mass is 700 g/mol. The number of benzene rings is 8. The van der Waals surface area contributed by atoms with Gasteiger partial charge in [-0.1, -0.05) is 133 Å². The number of hydrogen-bond donors (Lipinski definition) is 0. The molecule has 0 bridgehead atoms. The van der Waals surface area contributed by atoms with E-state index >= 15 is 0 Å². The molecule has 0 aliphatic rings. The molecule has 0 amide bonds. The summed E-state index contributed by atoms with van der Waals surface area (Å²) in [5.74, 6) is 0. The second kappa shape index (κ2) is 11.5. The van der Waals surface area contributed by atoms with Crippen molar-refractivity contribution >= 4 is 94.5 Å². The Hall–Kier alpha value is -5.58. The minimum Gasteiger partial charge on any atom is -0.135 e. The molecule has 0 saturated heterocycles. The summed E-state index contributed by atoms with van der Waals surface area (Å²) in [5.41, 5.74) is 10.1. The summed E-state index contributed by atoms with van der Waals surface area (Å²) in [7, 11) is 0. The minimum atomic E-state index is 1.24. The molecule has 3 aromatic heterocycles. The summed E-state index contributed by atoms with van der Waals surface area (Å²) in [6.07, 6.45) is 0. The average molecular weight is 701 g/mol. The van der Waals surface area contributed by atoms with Gasteiger partial charge in [0.25, 0.3) is 0 Å². The topological polar surface area (TPSA) is 0 Å².